The van der Waals surface area contributed by atoms with Crippen LogP contribution in [0.3, 0.4) is 0 Å². The third kappa shape index (κ3) is 4.15. The lowest BCUT2D eigenvalue weighted by Crippen LogP contribution is -2.54. The number of nitrogens with two attached hydrogens (primary N) is 1. The normalized spacial score (nSPS) is 13.7. The molecule has 1 unspecified atom stereocenters. The maximum absolute atomic E-state index is 5.97. The Labute approximate surface area is 117 Å². The fourth-order valence-electron chi connectivity index (χ4n) is 2.24. The Morgan fingerprint density at radius 3 is 1.84 bits per heavy atom. The summed E-state index contributed by atoms with van der Waals surface area (Å²) < 4.78 is 20.0. The quantitative estimate of drug-likeness (QED) is 0.668. The van der Waals surface area contributed by atoms with Gasteiger partial charge >= 0.3 is 8.80 Å². The maximum Gasteiger partial charge on any atom is 0.525 e. The monoisotopic (exact) mass is 286 g/mol. The Hall–Kier alpha value is -0.663. The summed E-state index contributed by atoms with van der Waals surface area (Å²) in [6, 6.07) is 3.99. The van der Waals surface area contributed by atoms with Gasteiger partial charge in [0.2, 0.25) is 0 Å². The Bertz CT molecular complexity index is 316. The molecule has 0 bridgehead atoms. The van der Waals surface area contributed by atoms with Crippen LogP contribution in [0.15, 0.2) is 24.5 Å². The van der Waals surface area contributed by atoms with Crippen LogP contribution in [0.1, 0.15) is 32.9 Å². The molecule has 0 fully saturated rings. The highest BCUT2D eigenvalue weighted by molar-refractivity contribution is 6.61. The maximum atomic E-state index is 5.97. The fourth-order valence-corrected chi connectivity index (χ4v) is 5.33. The van der Waals surface area contributed by atoms with Crippen molar-refractivity contribution in [1.29, 1.82) is 0 Å². The van der Waals surface area contributed by atoms with E-state index >= 15 is 0 Å². The first kappa shape index (κ1) is 16.4. The summed E-state index contributed by atoms with van der Waals surface area (Å²) in [6.45, 7) is 8.21. The molecule has 0 radical (unpaired) electrons. The molecule has 0 saturated carbocycles. The van der Waals surface area contributed by atoms with Crippen molar-refractivity contribution in [2.45, 2.75) is 32.9 Å². The van der Waals surface area contributed by atoms with Crippen LogP contribution < -0.4 is 5.73 Å². The number of nitrogens with zero attached hydrogens (tertiary/aromatic N) is 1. The SMILES string of the molecule is CCO[Si](OCC)(OCC)C(CCN)n1cccc1. The van der Waals surface area contributed by atoms with Crippen molar-refractivity contribution < 1.29 is 13.3 Å². The minimum Gasteiger partial charge on any atom is -0.373 e. The summed E-state index contributed by atoms with van der Waals surface area (Å²) in [4.78, 5) is 0. The molecule has 19 heavy (non-hydrogen) atoms. The molecular weight excluding hydrogens is 260 g/mol. The molecule has 0 saturated heterocycles. The number of rotatable bonds is 10. The largest absolute Gasteiger partial charge is 0.525 e. The Morgan fingerprint density at radius 2 is 1.47 bits per heavy atom. The van der Waals surface area contributed by atoms with E-state index in [9.17, 15) is 0 Å². The van der Waals surface area contributed by atoms with Gasteiger partial charge in [-0.05, 0) is 45.9 Å². The first-order valence-electron chi connectivity index (χ1n) is 6.98. The molecule has 0 aliphatic heterocycles. The van der Waals surface area contributed by atoms with Gasteiger partial charge in [0.15, 0.2) is 0 Å². The van der Waals surface area contributed by atoms with Crippen molar-refractivity contribution in [2.24, 2.45) is 5.73 Å². The van der Waals surface area contributed by atoms with Gasteiger partial charge < -0.3 is 23.6 Å². The average molecular weight is 286 g/mol. The molecule has 1 rings (SSSR count). The van der Waals surface area contributed by atoms with Gasteiger partial charge in [0.25, 0.3) is 0 Å². The van der Waals surface area contributed by atoms with Gasteiger partial charge in [0.1, 0.15) is 5.67 Å². The third-order valence-corrected chi connectivity index (χ3v) is 6.35. The van der Waals surface area contributed by atoms with Gasteiger partial charge in [0, 0.05) is 32.2 Å². The highest BCUT2D eigenvalue weighted by Gasteiger charge is 2.49. The number of hydrogen-bond donors (Lipinski definition) is 1. The Balaban J connectivity index is 3.07. The second-order valence-corrected chi connectivity index (χ2v) is 6.87. The first-order chi connectivity index (χ1) is 9.24. The lowest BCUT2D eigenvalue weighted by atomic mass is 10.4. The van der Waals surface area contributed by atoms with Crippen molar-refractivity contribution in [3.63, 3.8) is 0 Å². The summed E-state index contributed by atoms with van der Waals surface area (Å²) >= 11 is 0. The van der Waals surface area contributed by atoms with E-state index in [1.54, 1.807) is 0 Å². The van der Waals surface area contributed by atoms with Crippen molar-refractivity contribution in [1.82, 2.24) is 4.57 Å². The van der Waals surface area contributed by atoms with Crippen LogP contribution >= 0.6 is 0 Å². The zero-order valence-electron chi connectivity index (χ0n) is 12.2. The molecule has 0 aromatic carbocycles. The summed E-state index contributed by atoms with van der Waals surface area (Å²) in [5.74, 6) is 0. The van der Waals surface area contributed by atoms with Crippen LogP contribution in [0.4, 0.5) is 0 Å². The number of aromatic nitrogens is 1. The van der Waals surface area contributed by atoms with Crippen molar-refractivity contribution in [3.8, 4) is 0 Å². The standard InChI is InChI=1S/C13H26N2O3Si/c1-4-16-19(17-5-2,18-6-3)13(9-10-14)15-11-7-8-12-15/h7-8,11-13H,4-6,9-10,14H2,1-3H3. The van der Waals surface area contributed by atoms with E-state index in [1.165, 1.54) is 0 Å². The molecule has 110 valence electrons. The summed E-state index contributed by atoms with van der Waals surface area (Å²) in [6.07, 6.45) is 4.80. The zero-order chi connectivity index (χ0) is 14.1. The second-order valence-electron chi connectivity index (χ2n) is 4.13. The van der Waals surface area contributed by atoms with Gasteiger partial charge in [0.05, 0.1) is 0 Å². The molecule has 0 amide bonds. The lowest BCUT2D eigenvalue weighted by Gasteiger charge is -2.35. The van der Waals surface area contributed by atoms with E-state index in [1.807, 2.05) is 45.3 Å². The smallest absolute Gasteiger partial charge is 0.373 e. The van der Waals surface area contributed by atoms with Crippen LogP contribution in [0.2, 0.25) is 0 Å². The Kier molecular flexibility index (Phi) is 7.33. The van der Waals surface area contributed by atoms with E-state index in [-0.39, 0.29) is 5.67 Å². The topological polar surface area (TPSA) is 58.6 Å². The molecule has 1 heterocycles. The molecule has 1 aromatic rings. The number of hydrogen-bond acceptors (Lipinski definition) is 4. The Morgan fingerprint density at radius 1 is 1.00 bits per heavy atom. The summed E-state index contributed by atoms with van der Waals surface area (Å²) in [5, 5.41) is 0. The second kappa shape index (κ2) is 8.50. The highest BCUT2D eigenvalue weighted by Crippen LogP contribution is 2.28. The predicted molar refractivity (Wildman–Crippen MR) is 77.8 cm³/mol. The van der Waals surface area contributed by atoms with Crippen molar-refractivity contribution in [3.05, 3.63) is 24.5 Å². The molecule has 2 N–H and O–H groups in total. The van der Waals surface area contributed by atoms with E-state index in [0.717, 1.165) is 6.42 Å². The van der Waals surface area contributed by atoms with Crippen LogP contribution in [0.5, 0.6) is 0 Å². The molecule has 1 aromatic heterocycles. The minimum absolute atomic E-state index is 0.0346. The first-order valence-corrected chi connectivity index (χ1v) is 8.78. The van der Waals surface area contributed by atoms with Crippen LogP contribution in [-0.2, 0) is 13.3 Å². The van der Waals surface area contributed by atoms with Crippen LogP contribution in [0.25, 0.3) is 0 Å². The predicted octanol–water partition coefficient (Wildman–Crippen LogP) is 1.97. The minimum atomic E-state index is -2.77. The molecule has 0 aliphatic rings. The van der Waals surface area contributed by atoms with E-state index in [4.69, 9.17) is 19.0 Å². The van der Waals surface area contributed by atoms with Gasteiger partial charge in [-0.1, -0.05) is 0 Å². The van der Waals surface area contributed by atoms with Gasteiger partial charge in [-0.15, -0.1) is 0 Å². The van der Waals surface area contributed by atoms with E-state index in [0.29, 0.717) is 26.4 Å². The molecular formula is C13H26N2O3Si. The van der Waals surface area contributed by atoms with Crippen molar-refractivity contribution in [2.75, 3.05) is 26.4 Å². The fraction of sp³-hybridized carbons (Fsp3) is 0.692. The zero-order valence-corrected chi connectivity index (χ0v) is 13.2. The van der Waals surface area contributed by atoms with Gasteiger partial charge in [-0.25, -0.2) is 0 Å². The highest BCUT2D eigenvalue weighted by atomic mass is 28.4. The van der Waals surface area contributed by atoms with Crippen LogP contribution in [-0.4, -0.2) is 39.7 Å². The van der Waals surface area contributed by atoms with E-state index in [2.05, 4.69) is 4.57 Å². The molecule has 5 nitrogen and oxygen atoms in total. The van der Waals surface area contributed by atoms with Crippen LogP contribution in [0, 0.1) is 0 Å². The van der Waals surface area contributed by atoms with Gasteiger partial charge in [-0.3, -0.25) is 0 Å². The van der Waals surface area contributed by atoms with Crippen molar-refractivity contribution >= 4 is 8.80 Å². The third-order valence-electron chi connectivity index (χ3n) is 2.87. The average Bonchev–Trinajstić information content (AvgIpc) is 2.90. The lowest BCUT2D eigenvalue weighted by molar-refractivity contribution is 0.0524. The summed E-state index contributed by atoms with van der Waals surface area (Å²) in [5.41, 5.74) is 5.80. The molecule has 1 atom stereocenters. The molecule has 6 heteroatoms. The van der Waals surface area contributed by atoms with Gasteiger partial charge in [-0.2, -0.15) is 0 Å². The molecule has 0 spiro atoms. The summed E-state index contributed by atoms with van der Waals surface area (Å²) in [7, 11) is -2.77. The van der Waals surface area contributed by atoms with E-state index < -0.39 is 8.80 Å². The molecule has 0 aliphatic carbocycles.